The minimum absolute atomic E-state index is 0.111. The van der Waals surface area contributed by atoms with Crippen LogP contribution in [0.15, 0.2) is 18.2 Å². The largest absolute Gasteiger partial charge is 0.497 e. The zero-order valence-corrected chi connectivity index (χ0v) is 12.2. The number of nitrogens with zero attached hydrogens (tertiary/aromatic N) is 2. The standard InChI is InChI=1S/C16H22N2O2/c1-17-7-9-18(10-8-17)13-15-12-16(20-2)6-5-14(15)4-3-11-19/h5-6,12,19H,7-11,13H2,1-2H3. The molecule has 0 aliphatic carbocycles. The van der Waals surface area contributed by atoms with E-state index in [0.717, 1.165) is 49.6 Å². The molecule has 1 heterocycles. The van der Waals surface area contributed by atoms with Crippen molar-refractivity contribution in [3.05, 3.63) is 29.3 Å². The Morgan fingerprint density at radius 3 is 2.65 bits per heavy atom. The molecular weight excluding hydrogens is 252 g/mol. The zero-order chi connectivity index (χ0) is 14.4. The van der Waals surface area contributed by atoms with Crippen LogP contribution in [0.5, 0.6) is 5.75 Å². The molecule has 1 aromatic rings. The summed E-state index contributed by atoms with van der Waals surface area (Å²) in [5, 5.41) is 8.86. The Kier molecular flexibility index (Phi) is 5.42. The number of hydrogen-bond acceptors (Lipinski definition) is 4. The third-order valence-electron chi connectivity index (χ3n) is 3.60. The van der Waals surface area contributed by atoms with Crippen LogP contribution in [0.3, 0.4) is 0 Å². The Labute approximate surface area is 121 Å². The van der Waals surface area contributed by atoms with Crippen molar-refractivity contribution in [2.45, 2.75) is 6.54 Å². The highest BCUT2D eigenvalue weighted by atomic mass is 16.5. The van der Waals surface area contributed by atoms with Crippen molar-refractivity contribution >= 4 is 0 Å². The normalized spacial score (nSPS) is 16.6. The van der Waals surface area contributed by atoms with Crippen molar-refractivity contribution in [3.8, 4) is 17.6 Å². The maximum atomic E-state index is 8.86. The predicted molar refractivity (Wildman–Crippen MR) is 79.7 cm³/mol. The van der Waals surface area contributed by atoms with Crippen molar-refractivity contribution in [3.63, 3.8) is 0 Å². The Balaban J connectivity index is 2.15. The van der Waals surface area contributed by atoms with Crippen LogP contribution in [-0.4, -0.2) is 61.8 Å². The highest BCUT2D eigenvalue weighted by Crippen LogP contribution is 2.19. The maximum absolute atomic E-state index is 8.86. The quantitative estimate of drug-likeness (QED) is 0.827. The predicted octanol–water partition coefficient (Wildman–Crippen LogP) is 0.786. The Hall–Kier alpha value is -1.54. The average Bonchev–Trinajstić information content (AvgIpc) is 2.48. The summed E-state index contributed by atoms with van der Waals surface area (Å²) >= 11 is 0. The van der Waals surface area contributed by atoms with Crippen molar-refractivity contribution in [2.24, 2.45) is 0 Å². The molecule has 4 nitrogen and oxygen atoms in total. The molecule has 1 aromatic carbocycles. The number of methoxy groups -OCH3 is 1. The fourth-order valence-corrected chi connectivity index (χ4v) is 2.33. The van der Waals surface area contributed by atoms with E-state index in [0.29, 0.717) is 0 Å². The van der Waals surface area contributed by atoms with Gasteiger partial charge in [-0.25, -0.2) is 0 Å². The fraction of sp³-hybridized carbons (Fsp3) is 0.500. The molecule has 108 valence electrons. The smallest absolute Gasteiger partial charge is 0.119 e. The van der Waals surface area contributed by atoms with Gasteiger partial charge in [-0.2, -0.15) is 0 Å². The van der Waals surface area contributed by atoms with Crippen LogP contribution in [0.1, 0.15) is 11.1 Å². The first-order chi connectivity index (χ1) is 9.72. The van der Waals surface area contributed by atoms with Crippen LogP contribution in [0.25, 0.3) is 0 Å². The van der Waals surface area contributed by atoms with Crippen molar-refractivity contribution in [1.82, 2.24) is 9.80 Å². The van der Waals surface area contributed by atoms with E-state index in [1.54, 1.807) is 7.11 Å². The third-order valence-corrected chi connectivity index (χ3v) is 3.60. The van der Waals surface area contributed by atoms with Crippen molar-refractivity contribution < 1.29 is 9.84 Å². The lowest BCUT2D eigenvalue weighted by Crippen LogP contribution is -2.43. The summed E-state index contributed by atoms with van der Waals surface area (Å²) in [7, 11) is 3.83. The van der Waals surface area contributed by atoms with E-state index < -0.39 is 0 Å². The Morgan fingerprint density at radius 1 is 1.25 bits per heavy atom. The van der Waals surface area contributed by atoms with E-state index in [4.69, 9.17) is 9.84 Å². The molecule has 1 saturated heterocycles. The lowest BCUT2D eigenvalue weighted by molar-refractivity contribution is 0.148. The number of likely N-dealkylation sites (N-methyl/N-ethyl adjacent to an activating group) is 1. The maximum Gasteiger partial charge on any atom is 0.119 e. The molecule has 4 heteroatoms. The molecule has 20 heavy (non-hydrogen) atoms. The first-order valence-electron chi connectivity index (χ1n) is 6.90. The molecule has 2 rings (SSSR count). The summed E-state index contributed by atoms with van der Waals surface area (Å²) in [6, 6.07) is 5.92. The zero-order valence-electron chi connectivity index (χ0n) is 12.2. The minimum atomic E-state index is -0.111. The molecule has 0 amide bonds. The molecule has 1 aliphatic heterocycles. The van der Waals surface area contributed by atoms with E-state index in [9.17, 15) is 0 Å². The number of benzene rings is 1. The molecule has 0 bridgehead atoms. The van der Waals surface area contributed by atoms with Gasteiger partial charge in [-0.05, 0) is 30.8 Å². The lowest BCUT2D eigenvalue weighted by atomic mass is 10.1. The summed E-state index contributed by atoms with van der Waals surface area (Å²) in [6.07, 6.45) is 0. The number of rotatable bonds is 3. The SMILES string of the molecule is COc1ccc(C#CCO)c(CN2CCN(C)CC2)c1. The molecule has 1 N–H and O–H groups in total. The van der Waals surface area contributed by atoms with Gasteiger partial charge in [0.25, 0.3) is 0 Å². The van der Waals surface area contributed by atoms with E-state index in [2.05, 4.69) is 28.7 Å². The van der Waals surface area contributed by atoms with E-state index in [1.807, 2.05) is 18.2 Å². The second-order valence-corrected chi connectivity index (χ2v) is 5.06. The van der Waals surface area contributed by atoms with Gasteiger partial charge in [0.1, 0.15) is 12.4 Å². The van der Waals surface area contributed by atoms with Crippen LogP contribution in [0.4, 0.5) is 0 Å². The molecule has 0 aromatic heterocycles. The van der Waals surface area contributed by atoms with E-state index in [-0.39, 0.29) is 6.61 Å². The lowest BCUT2D eigenvalue weighted by Gasteiger charge is -2.32. The molecule has 0 saturated carbocycles. The van der Waals surface area contributed by atoms with Crippen LogP contribution in [0.2, 0.25) is 0 Å². The second-order valence-electron chi connectivity index (χ2n) is 5.06. The first kappa shape index (κ1) is 14.9. The van der Waals surface area contributed by atoms with Gasteiger partial charge in [0.05, 0.1) is 7.11 Å². The highest BCUT2D eigenvalue weighted by molar-refractivity contribution is 5.45. The number of aliphatic hydroxyl groups excluding tert-OH is 1. The van der Waals surface area contributed by atoms with Gasteiger partial charge in [-0.1, -0.05) is 11.8 Å². The van der Waals surface area contributed by atoms with Crippen LogP contribution in [-0.2, 0) is 6.54 Å². The number of ether oxygens (including phenoxy) is 1. The molecular formula is C16H22N2O2. The van der Waals surface area contributed by atoms with Gasteiger partial charge in [0.15, 0.2) is 0 Å². The van der Waals surface area contributed by atoms with Crippen LogP contribution in [0, 0.1) is 11.8 Å². The number of piperazine rings is 1. The third kappa shape index (κ3) is 3.97. The second kappa shape index (κ2) is 7.30. The number of hydrogen-bond donors (Lipinski definition) is 1. The minimum Gasteiger partial charge on any atom is -0.497 e. The van der Waals surface area contributed by atoms with E-state index in [1.165, 1.54) is 0 Å². The van der Waals surface area contributed by atoms with E-state index >= 15 is 0 Å². The highest BCUT2D eigenvalue weighted by Gasteiger charge is 2.15. The summed E-state index contributed by atoms with van der Waals surface area (Å²) in [6.45, 7) is 5.10. The first-order valence-corrected chi connectivity index (χ1v) is 6.90. The van der Waals surface area contributed by atoms with Crippen molar-refractivity contribution in [2.75, 3.05) is 46.9 Å². The fourth-order valence-electron chi connectivity index (χ4n) is 2.33. The topological polar surface area (TPSA) is 35.9 Å². The molecule has 1 fully saturated rings. The van der Waals surface area contributed by atoms with Gasteiger partial charge >= 0.3 is 0 Å². The number of aliphatic hydroxyl groups is 1. The molecule has 0 unspecified atom stereocenters. The summed E-state index contributed by atoms with van der Waals surface area (Å²) in [5.41, 5.74) is 2.13. The van der Waals surface area contributed by atoms with Gasteiger partial charge in [0, 0.05) is 38.3 Å². The summed E-state index contributed by atoms with van der Waals surface area (Å²) in [4.78, 5) is 4.77. The van der Waals surface area contributed by atoms with Crippen molar-refractivity contribution in [1.29, 1.82) is 0 Å². The van der Waals surface area contributed by atoms with Gasteiger partial charge in [-0.3, -0.25) is 4.90 Å². The summed E-state index contributed by atoms with van der Waals surface area (Å²) < 4.78 is 5.30. The summed E-state index contributed by atoms with van der Waals surface area (Å²) in [5.74, 6) is 6.60. The molecule has 0 radical (unpaired) electrons. The van der Waals surface area contributed by atoms with Gasteiger partial charge < -0.3 is 14.7 Å². The molecule has 0 atom stereocenters. The molecule has 1 aliphatic rings. The van der Waals surface area contributed by atoms with Gasteiger partial charge in [0.2, 0.25) is 0 Å². The Morgan fingerprint density at radius 2 is 2.00 bits per heavy atom. The van der Waals surface area contributed by atoms with Gasteiger partial charge in [-0.15, -0.1) is 0 Å². The Bertz CT molecular complexity index is 497. The van der Waals surface area contributed by atoms with Crippen LogP contribution >= 0.6 is 0 Å². The van der Waals surface area contributed by atoms with Crippen LogP contribution < -0.4 is 4.74 Å². The molecule has 0 spiro atoms. The monoisotopic (exact) mass is 274 g/mol. The average molecular weight is 274 g/mol.